The lowest BCUT2D eigenvalue weighted by molar-refractivity contribution is 0.530. The van der Waals surface area contributed by atoms with Gasteiger partial charge in [-0.05, 0) is 38.7 Å². The molecule has 1 fully saturated rings. The average Bonchev–Trinajstić information content (AvgIpc) is 3.16. The van der Waals surface area contributed by atoms with E-state index in [1.165, 1.54) is 12.8 Å². The van der Waals surface area contributed by atoms with Gasteiger partial charge in [-0.25, -0.2) is 13.1 Å². The normalized spacial score (nSPS) is 16.0. The molecule has 1 heterocycles. The summed E-state index contributed by atoms with van der Waals surface area (Å²) >= 11 is 1.57. The van der Waals surface area contributed by atoms with Crippen molar-refractivity contribution in [3.63, 3.8) is 0 Å². The van der Waals surface area contributed by atoms with Gasteiger partial charge in [0.1, 0.15) is 0 Å². The molecule has 1 aliphatic carbocycles. The van der Waals surface area contributed by atoms with Crippen LogP contribution >= 0.6 is 11.3 Å². The van der Waals surface area contributed by atoms with Gasteiger partial charge in [0.2, 0.25) is 10.0 Å². The molecule has 0 aliphatic heterocycles. The van der Waals surface area contributed by atoms with Crippen molar-refractivity contribution in [1.82, 2.24) is 10.0 Å². The van der Waals surface area contributed by atoms with Crippen molar-refractivity contribution in [3.8, 4) is 0 Å². The van der Waals surface area contributed by atoms with Gasteiger partial charge in [-0.1, -0.05) is 13.8 Å². The summed E-state index contributed by atoms with van der Waals surface area (Å²) in [7, 11) is -3.38. The fourth-order valence-electron chi connectivity index (χ4n) is 2.15. The van der Waals surface area contributed by atoms with Crippen LogP contribution in [0.3, 0.4) is 0 Å². The standard InChI is InChI=1S/C14H24N2O2S2/c1-4-11(5-2)16-20(17,18)14-8-13(19-10(14)3)9-15-12-6-7-12/h8,11-12,15-16H,4-7,9H2,1-3H3. The molecule has 1 aromatic rings. The lowest BCUT2D eigenvalue weighted by Crippen LogP contribution is -2.33. The van der Waals surface area contributed by atoms with E-state index < -0.39 is 10.0 Å². The maximum atomic E-state index is 12.4. The molecule has 114 valence electrons. The molecule has 6 heteroatoms. The molecule has 4 nitrogen and oxygen atoms in total. The fraction of sp³-hybridized carbons (Fsp3) is 0.714. The monoisotopic (exact) mass is 316 g/mol. The first-order chi connectivity index (χ1) is 9.46. The maximum Gasteiger partial charge on any atom is 0.241 e. The van der Waals surface area contributed by atoms with Gasteiger partial charge in [-0.2, -0.15) is 0 Å². The highest BCUT2D eigenvalue weighted by atomic mass is 32.2. The SMILES string of the molecule is CCC(CC)NS(=O)(=O)c1cc(CNC2CC2)sc1C. The van der Waals surface area contributed by atoms with Crippen LogP contribution in [0.15, 0.2) is 11.0 Å². The first-order valence-electron chi connectivity index (χ1n) is 7.31. The Kier molecular flexibility index (Phi) is 5.23. The van der Waals surface area contributed by atoms with Crippen LogP contribution in [0.4, 0.5) is 0 Å². The highest BCUT2D eigenvalue weighted by Gasteiger charge is 2.24. The molecule has 0 saturated heterocycles. The lowest BCUT2D eigenvalue weighted by atomic mass is 10.2. The summed E-state index contributed by atoms with van der Waals surface area (Å²) in [6, 6.07) is 2.48. The predicted octanol–water partition coefficient (Wildman–Crippen LogP) is 2.78. The minimum atomic E-state index is -3.38. The van der Waals surface area contributed by atoms with Gasteiger partial charge in [0, 0.05) is 28.4 Å². The van der Waals surface area contributed by atoms with Crippen LogP contribution in [-0.4, -0.2) is 20.5 Å². The van der Waals surface area contributed by atoms with Gasteiger partial charge < -0.3 is 5.32 Å². The number of thiophene rings is 1. The number of aryl methyl sites for hydroxylation is 1. The van der Waals surface area contributed by atoms with Crippen molar-refractivity contribution in [2.75, 3.05) is 0 Å². The molecule has 1 aromatic heterocycles. The molecule has 0 atom stereocenters. The van der Waals surface area contributed by atoms with Crippen LogP contribution in [0.2, 0.25) is 0 Å². The van der Waals surface area contributed by atoms with E-state index in [9.17, 15) is 8.42 Å². The van der Waals surface area contributed by atoms with Crippen molar-refractivity contribution < 1.29 is 8.42 Å². The molecule has 2 rings (SSSR count). The quantitative estimate of drug-likeness (QED) is 0.775. The zero-order chi connectivity index (χ0) is 14.8. The Morgan fingerprint density at radius 1 is 1.35 bits per heavy atom. The minimum Gasteiger partial charge on any atom is -0.309 e. The molecule has 0 spiro atoms. The van der Waals surface area contributed by atoms with Crippen LogP contribution in [0.25, 0.3) is 0 Å². The second-order valence-corrected chi connectivity index (χ2v) is 8.45. The Morgan fingerprint density at radius 3 is 2.55 bits per heavy atom. The molecular weight excluding hydrogens is 292 g/mol. The molecule has 0 bridgehead atoms. The van der Waals surface area contributed by atoms with Gasteiger partial charge in [-0.3, -0.25) is 0 Å². The molecule has 1 aliphatic rings. The largest absolute Gasteiger partial charge is 0.309 e. The lowest BCUT2D eigenvalue weighted by Gasteiger charge is -2.14. The van der Waals surface area contributed by atoms with Crippen LogP contribution in [0.5, 0.6) is 0 Å². The summed E-state index contributed by atoms with van der Waals surface area (Å²) in [4.78, 5) is 2.41. The maximum absolute atomic E-state index is 12.4. The Hall–Kier alpha value is -0.430. The smallest absolute Gasteiger partial charge is 0.241 e. The molecular formula is C14H24N2O2S2. The van der Waals surface area contributed by atoms with Gasteiger partial charge in [0.05, 0.1) is 4.90 Å². The highest BCUT2D eigenvalue weighted by molar-refractivity contribution is 7.89. The average molecular weight is 316 g/mol. The zero-order valence-electron chi connectivity index (χ0n) is 12.4. The predicted molar refractivity (Wildman–Crippen MR) is 83.6 cm³/mol. The Balaban J connectivity index is 2.09. The van der Waals surface area contributed by atoms with Crippen molar-refractivity contribution in [1.29, 1.82) is 0 Å². The fourth-order valence-corrected chi connectivity index (χ4v) is 5.14. The van der Waals surface area contributed by atoms with E-state index in [1.54, 1.807) is 11.3 Å². The van der Waals surface area contributed by atoms with Crippen LogP contribution in [0.1, 0.15) is 49.3 Å². The van der Waals surface area contributed by atoms with Crippen LogP contribution in [0, 0.1) is 6.92 Å². The van der Waals surface area contributed by atoms with Crippen molar-refractivity contribution in [3.05, 3.63) is 15.8 Å². The molecule has 0 amide bonds. The Bertz CT molecular complexity index is 544. The van der Waals surface area contributed by atoms with E-state index in [0.717, 1.165) is 29.1 Å². The second kappa shape index (κ2) is 6.56. The summed E-state index contributed by atoms with van der Waals surface area (Å²) in [5.74, 6) is 0. The van der Waals surface area contributed by atoms with Crippen LogP contribution in [-0.2, 0) is 16.6 Å². The number of hydrogen-bond acceptors (Lipinski definition) is 4. The third-order valence-electron chi connectivity index (χ3n) is 3.66. The Morgan fingerprint density at radius 2 is 2.00 bits per heavy atom. The number of hydrogen-bond donors (Lipinski definition) is 2. The van der Waals surface area contributed by atoms with E-state index in [4.69, 9.17) is 0 Å². The van der Waals surface area contributed by atoms with Gasteiger partial charge >= 0.3 is 0 Å². The molecule has 20 heavy (non-hydrogen) atoms. The third-order valence-corrected chi connectivity index (χ3v) is 6.49. The van der Waals surface area contributed by atoms with Gasteiger partial charge in [-0.15, -0.1) is 11.3 Å². The van der Waals surface area contributed by atoms with Gasteiger partial charge in [0.25, 0.3) is 0 Å². The van der Waals surface area contributed by atoms with E-state index >= 15 is 0 Å². The second-order valence-electron chi connectivity index (χ2n) is 5.42. The summed E-state index contributed by atoms with van der Waals surface area (Å²) in [6.45, 7) is 6.66. The summed E-state index contributed by atoms with van der Waals surface area (Å²) in [6.07, 6.45) is 4.11. The van der Waals surface area contributed by atoms with Crippen molar-refractivity contribution in [2.45, 2.75) is 70.0 Å². The van der Waals surface area contributed by atoms with E-state index in [0.29, 0.717) is 10.9 Å². The van der Waals surface area contributed by atoms with Gasteiger partial charge in [0.15, 0.2) is 0 Å². The summed E-state index contributed by atoms with van der Waals surface area (Å²) in [5, 5.41) is 3.42. The molecule has 2 N–H and O–H groups in total. The zero-order valence-corrected chi connectivity index (χ0v) is 14.0. The first-order valence-corrected chi connectivity index (χ1v) is 9.61. The molecule has 0 radical (unpaired) electrons. The van der Waals surface area contributed by atoms with Crippen molar-refractivity contribution in [2.24, 2.45) is 0 Å². The first kappa shape index (κ1) is 15.9. The van der Waals surface area contributed by atoms with Crippen LogP contribution < -0.4 is 10.0 Å². The topological polar surface area (TPSA) is 58.2 Å². The summed E-state index contributed by atoms with van der Waals surface area (Å²) < 4.78 is 27.6. The van der Waals surface area contributed by atoms with E-state index in [-0.39, 0.29) is 6.04 Å². The molecule has 1 saturated carbocycles. The van der Waals surface area contributed by atoms with Crippen molar-refractivity contribution >= 4 is 21.4 Å². The summed E-state index contributed by atoms with van der Waals surface area (Å²) in [5.41, 5.74) is 0. The van der Waals surface area contributed by atoms with E-state index in [2.05, 4.69) is 10.0 Å². The number of nitrogens with one attached hydrogen (secondary N) is 2. The minimum absolute atomic E-state index is 0.0207. The number of rotatable bonds is 8. The van der Waals surface area contributed by atoms with E-state index in [1.807, 2.05) is 26.8 Å². The molecule has 0 aromatic carbocycles. The molecule has 0 unspecified atom stereocenters. The highest BCUT2D eigenvalue weighted by Crippen LogP contribution is 2.27. The number of sulfonamides is 1. The Labute approximate surface area is 126 Å². The third kappa shape index (κ3) is 4.04.